The van der Waals surface area contributed by atoms with Gasteiger partial charge < -0.3 is 15.0 Å². The van der Waals surface area contributed by atoms with Gasteiger partial charge in [0.1, 0.15) is 0 Å². The summed E-state index contributed by atoms with van der Waals surface area (Å²) in [6.07, 6.45) is 2.11. The van der Waals surface area contributed by atoms with Crippen molar-refractivity contribution in [2.45, 2.75) is 39.7 Å². The van der Waals surface area contributed by atoms with E-state index >= 15 is 0 Å². The number of anilines is 1. The van der Waals surface area contributed by atoms with Gasteiger partial charge in [-0.1, -0.05) is 6.92 Å². The minimum Gasteiger partial charge on any atom is -0.385 e. The van der Waals surface area contributed by atoms with E-state index in [0.717, 1.165) is 49.4 Å². The van der Waals surface area contributed by atoms with Crippen LogP contribution in [0.25, 0.3) is 0 Å². The van der Waals surface area contributed by atoms with Crippen LogP contribution in [-0.2, 0) is 4.74 Å². The Morgan fingerprint density at radius 3 is 3.00 bits per heavy atom. The Morgan fingerprint density at radius 1 is 1.48 bits per heavy atom. The molecule has 0 radical (unpaired) electrons. The third-order valence-corrected chi connectivity index (χ3v) is 3.78. The number of aryl methyl sites for hydroxylation is 1. The lowest BCUT2D eigenvalue weighted by molar-refractivity contribution is 0.0562. The van der Waals surface area contributed by atoms with Crippen LogP contribution >= 0.6 is 0 Å². The molecule has 1 aliphatic heterocycles. The van der Waals surface area contributed by atoms with Gasteiger partial charge in [-0.3, -0.25) is 4.79 Å². The highest BCUT2D eigenvalue weighted by atomic mass is 16.5. The largest absolute Gasteiger partial charge is 0.385 e. The zero-order valence-electron chi connectivity index (χ0n) is 13.3. The monoisotopic (exact) mass is 290 g/mol. The molecule has 1 aromatic carbocycles. The molecule has 1 atom stereocenters. The summed E-state index contributed by atoms with van der Waals surface area (Å²) in [5, 5.41) is 3.38. The molecule has 21 heavy (non-hydrogen) atoms. The molecule has 1 aromatic rings. The smallest absolute Gasteiger partial charge is 0.253 e. The first-order valence-corrected chi connectivity index (χ1v) is 7.87. The predicted molar refractivity (Wildman–Crippen MR) is 85.9 cm³/mol. The predicted octanol–water partition coefficient (Wildman–Crippen LogP) is 3.07. The summed E-state index contributed by atoms with van der Waals surface area (Å²) >= 11 is 0. The van der Waals surface area contributed by atoms with Crippen LogP contribution in [0.1, 0.15) is 42.6 Å². The van der Waals surface area contributed by atoms with E-state index in [4.69, 9.17) is 4.74 Å². The molecule has 1 saturated heterocycles. The van der Waals surface area contributed by atoms with E-state index in [1.54, 1.807) is 0 Å². The summed E-state index contributed by atoms with van der Waals surface area (Å²) in [5.41, 5.74) is 3.00. The van der Waals surface area contributed by atoms with E-state index in [1.165, 1.54) is 0 Å². The summed E-state index contributed by atoms with van der Waals surface area (Å²) in [5.74, 6) is 0.109. The van der Waals surface area contributed by atoms with Gasteiger partial charge in [0.2, 0.25) is 0 Å². The summed E-state index contributed by atoms with van der Waals surface area (Å²) < 4.78 is 5.60. The van der Waals surface area contributed by atoms with Crippen LogP contribution in [0.5, 0.6) is 0 Å². The number of carbonyl (C=O) groups is 1. The third kappa shape index (κ3) is 4.21. The number of hydrogen-bond donors (Lipinski definition) is 1. The lowest BCUT2D eigenvalue weighted by Crippen LogP contribution is -2.35. The van der Waals surface area contributed by atoms with Gasteiger partial charge in [-0.05, 0) is 50.5 Å². The molecule has 116 valence electrons. The van der Waals surface area contributed by atoms with Crippen molar-refractivity contribution in [2.24, 2.45) is 0 Å². The molecule has 1 fully saturated rings. The Morgan fingerprint density at radius 2 is 2.29 bits per heavy atom. The quantitative estimate of drug-likeness (QED) is 0.926. The van der Waals surface area contributed by atoms with Crippen molar-refractivity contribution in [3.8, 4) is 0 Å². The van der Waals surface area contributed by atoms with Crippen LogP contribution in [-0.4, -0.2) is 43.2 Å². The van der Waals surface area contributed by atoms with Crippen molar-refractivity contribution in [3.05, 3.63) is 29.3 Å². The van der Waals surface area contributed by atoms with Crippen molar-refractivity contribution in [2.75, 3.05) is 31.6 Å². The molecular weight excluding hydrogens is 264 g/mol. The standard InChI is InChI=1S/C17H26N2O2/c1-4-8-18-16-7-6-15(11-13(16)2)17(20)19-9-5-10-21-14(3)12-19/h6-7,11,14,18H,4-5,8-10,12H2,1-3H3. The van der Waals surface area contributed by atoms with Gasteiger partial charge in [-0.25, -0.2) is 0 Å². The van der Waals surface area contributed by atoms with Crippen molar-refractivity contribution < 1.29 is 9.53 Å². The number of rotatable bonds is 4. The average molecular weight is 290 g/mol. The van der Waals surface area contributed by atoms with Gasteiger partial charge in [-0.2, -0.15) is 0 Å². The number of nitrogens with one attached hydrogen (secondary N) is 1. The first-order valence-electron chi connectivity index (χ1n) is 7.87. The van der Waals surface area contributed by atoms with E-state index < -0.39 is 0 Å². The lowest BCUT2D eigenvalue weighted by Gasteiger charge is -2.22. The Bertz CT molecular complexity index is 488. The van der Waals surface area contributed by atoms with Crippen LogP contribution in [0.4, 0.5) is 5.69 Å². The maximum Gasteiger partial charge on any atom is 0.253 e. The summed E-state index contributed by atoms with van der Waals surface area (Å²) in [4.78, 5) is 14.5. The topological polar surface area (TPSA) is 41.6 Å². The minimum absolute atomic E-state index is 0.109. The second-order valence-electron chi connectivity index (χ2n) is 5.74. The highest BCUT2D eigenvalue weighted by Crippen LogP contribution is 2.18. The lowest BCUT2D eigenvalue weighted by atomic mass is 10.1. The highest BCUT2D eigenvalue weighted by Gasteiger charge is 2.21. The fraction of sp³-hybridized carbons (Fsp3) is 0.588. The zero-order chi connectivity index (χ0) is 15.2. The number of amides is 1. The number of hydrogen-bond acceptors (Lipinski definition) is 3. The number of benzene rings is 1. The molecule has 1 unspecified atom stereocenters. The summed E-state index contributed by atoms with van der Waals surface area (Å²) in [6, 6.07) is 5.91. The van der Waals surface area contributed by atoms with Crippen molar-refractivity contribution >= 4 is 11.6 Å². The fourth-order valence-electron chi connectivity index (χ4n) is 2.62. The molecular formula is C17H26N2O2. The molecule has 0 aromatic heterocycles. The minimum atomic E-state index is 0.109. The van der Waals surface area contributed by atoms with Crippen molar-refractivity contribution in [1.29, 1.82) is 0 Å². The van der Waals surface area contributed by atoms with Gasteiger partial charge in [0.05, 0.1) is 6.10 Å². The Labute approximate surface area is 127 Å². The van der Waals surface area contributed by atoms with Crippen molar-refractivity contribution in [3.63, 3.8) is 0 Å². The molecule has 0 bridgehead atoms. The molecule has 0 aliphatic carbocycles. The Balaban J connectivity index is 2.09. The molecule has 2 rings (SSSR count). The van der Waals surface area contributed by atoms with Gasteiger partial charge in [-0.15, -0.1) is 0 Å². The second kappa shape index (κ2) is 7.46. The van der Waals surface area contributed by atoms with E-state index in [9.17, 15) is 4.79 Å². The Hall–Kier alpha value is -1.55. The normalized spacial score (nSPS) is 19.2. The maximum absolute atomic E-state index is 12.6. The van der Waals surface area contributed by atoms with Crippen molar-refractivity contribution in [1.82, 2.24) is 4.90 Å². The molecule has 0 spiro atoms. The fourth-order valence-corrected chi connectivity index (χ4v) is 2.62. The average Bonchev–Trinajstić information content (AvgIpc) is 2.70. The van der Waals surface area contributed by atoms with Crippen LogP contribution in [0.15, 0.2) is 18.2 Å². The van der Waals surface area contributed by atoms with E-state index in [1.807, 2.05) is 36.9 Å². The van der Waals surface area contributed by atoms with Gasteiger partial charge in [0.15, 0.2) is 0 Å². The molecule has 0 saturated carbocycles. The Kier molecular flexibility index (Phi) is 5.62. The molecule has 1 heterocycles. The van der Waals surface area contributed by atoms with Gasteiger partial charge in [0.25, 0.3) is 5.91 Å². The number of ether oxygens (including phenoxy) is 1. The van der Waals surface area contributed by atoms with Gasteiger partial charge >= 0.3 is 0 Å². The number of carbonyl (C=O) groups excluding carboxylic acids is 1. The SMILES string of the molecule is CCCNc1ccc(C(=O)N2CCCOC(C)C2)cc1C. The molecule has 1 aliphatic rings. The molecule has 4 nitrogen and oxygen atoms in total. The van der Waals surface area contributed by atoms with Crippen LogP contribution in [0, 0.1) is 6.92 Å². The molecule has 1 N–H and O–H groups in total. The van der Waals surface area contributed by atoms with E-state index in [2.05, 4.69) is 12.2 Å². The molecule has 1 amide bonds. The first-order chi connectivity index (χ1) is 10.1. The number of nitrogens with zero attached hydrogens (tertiary/aromatic N) is 1. The van der Waals surface area contributed by atoms with Crippen LogP contribution in [0.3, 0.4) is 0 Å². The maximum atomic E-state index is 12.6. The second-order valence-corrected chi connectivity index (χ2v) is 5.74. The molecule has 4 heteroatoms. The zero-order valence-corrected chi connectivity index (χ0v) is 13.3. The highest BCUT2D eigenvalue weighted by molar-refractivity contribution is 5.95. The van der Waals surface area contributed by atoms with Crippen LogP contribution in [0.2, 0.25) is 0 Å². The summed E-state index contributed by atoms with van der Waals surface area (Å²) in [7, 11) is 0. The third-order valence-electron chi connectivity index (χ3n) is 3.78. The van der Waals surface area contributed by atoms with E-state index in [-0.39, 0.29) is 12.0 Å². The summed E-state index contributed by atoms with van der Waals surface area (Å²) in [6.45, 7) is 9.35. The first kappa shape index (κ1) is 15.8. The van der Waals surface area contributed by atoms with E-state index in [0.29, 0.717) is 6.54 Å². The van der Waals surface area contributed by atoms with Gasteiger partial charge in [0, 0.05) is 37.5 Å². The van der Waals surface area contributed by atoms with Crippen LogP contribution < -0.4 is 5.32 Å².